The van der Waals surface area contributed by atoms with Crippen LogP contribution in [0.4, 0.5) is 5.69 Å². The van der Waals surface area contributed by atoms with Crippen molar-refractivity contribution < 1.29 is 13.9 Å². The van der Waals surface area contributed by atoms with Crippen molar-refractivity contribution in [3.05, 3.63) is 54.2 Å². The minimum atomic E-state index is -0.317. The fourth-order valence-electron chi connectivity index (χ4n) is 2.19. The van der Waals surface area contributed by atoms with Gasteiger partial charge in [0, 0.05) is 25.4 Å². The second kappa shape index (κ2) is 6.45. The van der Waals surface area contributed by atoms with Crippen molar-refractivity contribution in [3.8, 4) is 11.4 Å². The first-order chi connectivity index (χ1) is 11.2. The number of amides is 1. The average Bonchev–Trinajstić information content (AvgIpc) is 3.17. The van der Waals surface area contributed by atoms with E-state index in [0.717, 1.165) is 11.4 Å². The van der Waals surface area contributed by atoms with Crippen LogP contribution < -0.4 is 5.32 Å². The summed E-state index contributed by atoms with van der Waals surface area (Å²) in [5.74, 6) is 1.25. The van der Waals surface area contributed by atoms with Gasteiger partial charge in [0.1, 0.15) is 18.7 Å². The molecule has 0 unspecified atom stereocenters. The van der Waals surface area contributed by atoms with Gasteiger partial charge in [-0.05, 0) is 24.3 Å². The molecule has 0 atom stereocenters. The molecule has 0 bridgehead atoms. The Balaban J connectivity index is 1.77. The molecule has 23 heavy (non-hydrogen) atoms. The molecule has 0 aliphatic heterocycles. The number of aromatic nitrogens is 3. The minimum absolute atomic E-state index is 0.237. The minimum Gasteiger partial charge on any atom is -0.453 e. The number of hydrogen-bond acceptors (Lipinski definition) is 5. The third-order valence-electron chi connectivity index (χ3n) is 3.26. The summed E-state index contributed by atoms with van der Waals surface area (Å²) in [6, 6.07) is 10.7. The molecule has 0 fully saturated rings. The number of ether oxygens (including phenoxy) is 1. The molecule has 0 spiro atoms. The lowest BCUT2D eigenvalue weighted by molar-refractivity contribution is 0.0987. The summed E-state index contributed by atoms with van der Waals surface area (Å²) in [6.07, 6.45) is 1.63. The van der Waals surface area contributed by atoms with Crippen molar-refractivity contribution in [2.24, 2.45) is 7.05 Å². The van der Waals surface area contributed by atoms with Crippen LogP contribution in [0.15, 0.2) is 47.1 Å². The largest absolute Gasteiger partial charge is 0.453 e. The van der Waals surface area contributed by atoms with Gasteiger partial charge >= 0.3 is 0 Å². The van der Waals surface area contributed by atoms with E-state index >= 15 is 0 Å². The van der Waals surface area contributed by atoms with E-state index in [1.54, 1.807) is 31.6 Å². The van der Waals surface area contributed by atoms with Crippen LogP contribution >= 0.6 is 0 Å². The molecule has 2 heterocycles. The molecule has 3 rings (SSSR count). The molecule has 0 aliphatic rings. The molecular formula is C16H16N4O3. The van der Waals surface area contributed by atoms with Crippen LogP contribution in [-0.4, -0.2) is 27.8 Å². The molecular weight excluding hydrogens is 296 g/mol. The van der Waals surface area contributed by atoms with Gasteiger partial charge in [-0.15, -0.1) is 10.2 Å². The highest BCUT2D eigenvalue weighted by atomic mass is 16.5. The first-order valence-corrected chi connectivity index (χ1v) is 7.01. The molecule has 118 valence electrons. The molecule has 0 saturated carbocycles. The quantitative estimate of drug-likeness (QED) is 0.782. The molecule has 1 amide bonds. The number of nitrogens with zero attached hydrogens (tertiary/aromatic N) is 3. The second-order valence-electron chi connectivity index (χ2n) is 5.00. The molecule has 0 radical (unpaired) electrons. The van der Waals surface area contributed by atoms with Crippen molar-refractivity contribution in [1.29, 1.82) is 0 Å². The zero-order valence-electron chi connectivity index (χ0n) is 12.8. The Labute approximate surface area is 132 Å². The number of benzene rings is 1. The van der Waals surface area contributed by atoms with Crippen LogP contribution in [-0.2, 0) is 18.4 Å². The zero-order chi connectivity index (χ0) is 16.2. The van der Waals surface area contributed by atoms with Crippen LogP contribution in [0.2, 0.25) is 0 Å². The van der Waals surface area contributed by atoms with Crippen LogP contribution in [0.1, 0.15) is 16.3 Å². The number of nitrogens with one attached hydrogen (secondary N) is 1. The number of carbonyl (C=O) groups is 1. The van der Waals surface area contributed by atoms with Gasteiger partial charge in [-0.1, -0.05) is 12.1 Å². The summed E-state index contributed by atoms with van der Waals surface area (Å²) in [5.41, 5.74) is 1.52. The number of carbonyl (C=O) groups excluding carboxylic acids is 1. The topological polar surface area (TPSA) is 82.2 Å². The lowest BCUT2D eigenvalue weighted by Gasteiger charge is -2.06. The van der Waals surface area contributed by atoms with Gasteiger partial charge in [0.05, 0.1) is 0 Å². The number of methoxy groups -OCH3 is 1. The molecule has 7 heteroatoms. The predicted molar refractivity (Wildman–Crippen MR) is 83.8 cm³/mol. The van der Waals surface area contributed by atoms with Gasteiger partial charge < -0.3 is 19.0 Å². The van der Waals surface area contributed by atoms with Crippen LogP contribution in [0, 0.1) is 0 Å². The van der Waals surface area contributed by atoms with Crippen molar-refractivity contribution in [1.82, 2.24) is 14.8 Å². The summed E-state index contributed by atoms with van der Waals surface area (Å²) >= 11 is 0. The van der Waals surface area contributed by atoms with E-state index in [4.69, 9.17) is 9.15 Å². The number of aryl methyl sites for hydroxylation is 1. The standard InChI is InChI=1S/C16H16N4O3/c1-20-10-17-19-15(20)11-4-3-5-12(8-11)18-16(21)14-7-6-13(23-14)9-22-2/h3-8,10H,9H2,1-2H3,(H,18,21). The van der Waals surface area contributed by atoms with Crippen LogP contribution in [0.5, 0.6) is 0 Å². The van der Waals surface area contributed by atoms with Crippen molar-refractivity contribution in [2.75, 3.05) is 12.4 Å². The van der Waals surface area contributed by atoms with Crippen LogP contribution in [0.3, 0.4) is 0 Å². The Hall–Kier alpha value is -2.93. The van der Waals surface area contributed by atoms with Gasteiger partial charge in [0.25, 0.3) is 5.91 Å². The van der Waals surface area contributed by atoms with E-state index in [-0.39, 0.29) is 11.7 Å². The number of rotatable bonds is 5. The molecule has 1 N–H and O–H groups in total. The Morgan fingerprint density at radius 3 is 2.96 bits per heavy atom. The molecule has 0 aliphatic carbocycles. The third kappa shape index (κ3) is 3.29. The maximum Gasteiger partial charge on any atom is 0.291 e. The third-order valence-corrected chi connectivity index (χ3v) is 3.26. The predicted octanol–water partition coefficient (Wildman–Crippen LogP) is 2.47. The monoisotopic (exact) mass is 312 g/mol. The summed E-state index contributed by atoms with van der Waals surface area (Å²) in [6.45, 7) is 0.328. The van der Waals surface area contributed by atoms with E-state index in [1.165, 1.54) is 0 Å². The van der Waals surface area contributed by atoms with E-state index in [2.05, 4.69) is 15.5 Å². The fraction of sp³-hybridized carbons (Fsp3) is 0.188. The Morgan fingerprint density at radius 1 is 1.35 bits per heavy atom. The van der Waals surface area contributed by atoms with Crippen molar-refractivity contribution >= 4 is 11.6 Å². The van der Waals surface area contributed by atoms with Gasteiger partial charge in [0.2, 0.25) is 0 Å². The normalized spacial score (nSPS) is 10.7. The smallest absolute Gasteiger partial charge is 0.291 e. The lowest BCUT2D eigenvalue weighted by atomic mass is 10.2. The summed E-state index contributed by atoms with van der Waals surface area (Å²) in [5, 5.41) is 10.7. The van der Waals surface area contributed by atoms with Crippen molar-refractivity contribution in [3.63, 3.8) is 0 Å². The molecule has 7 nitrogen and oxygen atoms in total. The van der Waals surface area contributed by atoms with Gasteiger partial charge in [-0.2, -0.15) is 0 Å². The summed E-state index contributed by atoms with van der Waals surface area (Å²) in [7, 11) is 3.43. The highest BCUT2D eigenvalue weighted by Crippen LogP contribution is 2.21. The highest BCUT2D eigenvalue weighted by Gasteiger charge is 2.12. The maximum absolute atomic E-state index is 12.2. The fourth-order valence-corrected chi connectivity index (χ4v) is 2.19. The maximum atomic E-state index is 12.2. The number of anilines is 1. The highest BCUT2D eigenvalue weighted by molar-refractivity contribution is 6.02. The van der Waals surface area contributed by atoms with Gasteiger partial charge in [-0.25, -0.2) is 0 Å². The summed E-state index contributed by atoms with van der Waals surface area (Å²) in [4.78, 5) is 12.2. The SMILES string of the molecule is COCc1ccc(C(=O)Nc2cccc(-c3nncn3C)c2)o1. The molecule has 2 aromatic heterocycles. The van der Waals surface area contributed by atoms with E-state index in [9.17, 15) is 4.79 Å². The van der Waals surface area contributed by atoms with E-state index < -0.39 is 0 Å². The summed E-state index contributed by atoms with van der Waals surface area (Å²) < 4.78 is 12.2. The average molecular weight is 312 g/mol. The van der Waals surface area contributed by atoms with Crippen molar-refractivity contribution in [2.45, 2.75) is 6.61 Å². The van der Waals surface area contributed by atoms with Crippen LogP contribution in [0.25, 0.3) is 11.4 Å². The molecule has 1 aromatic carbocycles. The first kappa shape index (κ1) is 15.0. The Bertz CT molecular complexity index is 822. The van der Waals surface area contributed by atoms with E-state index in [1.807, 2.05) is 29.8 Å². The second-order valence-corrected chi connectivity index (χ2v) is 5.00. The van der Waals surface area contributed by atoms with E-state index in [0.29, 0.717) is 18.1 Å². The Morgan fingerprint density at radius 2 is 2.22 bits per heavy atom. The zero-order valence-corrected chi connectivity index (χ0v) is 12.8. The van der Waals surface area contributed by atoms with Gasteiger partial charge in [0.15, 0.2) is 11.6 Å². The van der Waals surface area contributed by atoms with Gasteiger partial charge in [-0.3, -0.25) is 4.79 Å². The number of furan rings is 1. The number of hydrogen-bond donors (Lipinski definition) is 1. The molecule has 3 aromatic rings. The first-order valence-electron chi connectivity index (χ1n) is 7.01. The molecule has 0 saturated heterocycles. The lowest BCUT2D eigenvalue weighted by Crippen LogP contribution is -2.11. The Kier molecular flexibility index (Phi) is 4.20.